The molecule has 0 unspecified atom stereocenters. The van der Waals surface area contributed by atoms with E-state index in [4.69, 9.17) is 17.0 Å². The van der Waals surface area contributed by atoms with Crippen LogP contribution in [0.3, 0.4) is 0 Å². The average molecular weight is 346 g/mol. The number of aromatic nitrogens is 2. The van der Waals surface area contributed by atoms with Gasteiger partial charge in [-0.2, -0.15) is 0 Å². The molecule has 0 aliphatic carbocycles. The highest BCUT2D eigenvalue weighted by atomic mass is 32.1. The summed E-state index contributed by atoms with van der Waals surface area (Å²) in [5.41, 5.74) is 0.974. The van der Waals surface area contributed by atoms with Gasteiger partial charge in [-0.25, -0.2) is 9.37 Å². The first-order valence-corrected chi connectivity index (χ1v) is 8.23. The molecule has 2 heterocycles. The van der Waals surface area contributed by atoms with Gasteiger partial charge in [0.15, 0.2) is 10.9 Å². The molecule has 24 heavy (non-hydrogen) atoms. The van der Waals surface area contributed by atoms with Crippen LogP contribution in [-0.4, -0.2) is 34.8 Å². The van der Waals surface area contributed by atoms with Crippen LogP contribution in [-0.2, 0) is 10.2 Å². The number of thiocarbonyl (C=S) groups is 1. The summed E-state index contributed by atoms with van der Waals surface area (Å²) in [6.07, 6.45) is 6.54. The lowest BCUT2D eigenvalue weighted by Gasteiger charge is -2.38. The highest BCUT2D eigenvalue weighted by molar-refractivity contribution is 7.80. The van der Waals surface area contributed by atoms with Gasteiger partial charge in [0, 0.05) is 37.6 Å². The standard InChI is InChI=1S/C17H19FN4OS/c18-14-3-1-13(2-4-14)17(5-9-23-10-6-17)12-21-16(24)22-15-11-19-7-8-20-15/h1-4,7-8,11H,5-6,9-10,12H2,(H2,20,21,22,24). The summed E-state index contributed by atoms with van der Waals surface area (Å²) in [7, 11) is 0. The van der Waals surface area contributed by atoms with E-state index in [1.54, 1.807) is 18.6 Å². The Kier molecular flexibility index (Phi) is 5.32. The number of ether oxygens (including phenoxy) is 1. The van der Waals surface area contributed by atoms with E-state index in [9.17, 15) is 4.39 Å². The predicted octanol–water partition coefficient (Wildman–Crippen LogP) is 2.65. The molecule has 1 aromatic carbocycles. The van der Waals surface area contributed by atoms with Crippen molar-refractivity contribution in [1.82, 2.24) is 15.3 Å². The Morgan fingerprint density at radius 3 is 2.62 bits per heavy atom. The Morgan fingerprint density at radius 2 is 1.96 bits per heavy atom. The molecule has 0 saturated carbocycles. The van der Waals surface area contributed by atoms with Gasteiger partial charge < -0.3 is 15.4 Å². The predicted molar refractivity (Wildman–Crippen MR) is 94.4 cm³/mol. The fraction of sp³-hybridized carbons (Fsp3) is 0.353. The van der Waals surface area contributed by atoms with Crippen LogP contribution in [0.25, 0.3) is 0 Å². The number of benzene rings is 1. The van der Waals surface area contributed by atoms with E-state index in [-0.39, 0.29) is 11.2 Å². The Labute approximate surface area is 145 Å². The van der Waals surface area contributed by atoms with Gasteiger partial charge in [0.2, 0.25) is 0 Å². The highest BCUT2D eigenvalue weighted by Gasteiger charge is 2.34. The summed E-state index contributed by atoms with van der Waals surface area (Å²) < 4.78 is 18.8. The maximum Gasteiger partial charge on any atom is 0.172 e. The van der Waals surface area contributed by atoms with E-state index < -0.39 is 0 Å². The van der Waals surface area contributed by atoms with Gasteiger partial charge in [-0.1, -0.05) is 12.1 Å². The number of hydrogen-bond donors (Lipinski definition) is 2. The number of nitrogens with zero attached hydrogens (tertiary/aromatic N) is 2. The van der Waals surface area contributed by atoms with Gasteiger partial charge in [0.05, 0.1) is 6.20 Å². The van der Waals surface area contributed by atoms with Crippen LogP contribution in [0.2, 0.25) is 0 Å². The molecule has 0 amide bonds. The first-order chi connectivity index (χ1) is 11.7. The summed E-state index contributed by atoms with van der Waals surface area (Å²) in [5.74, 6) is 0.367. The third-order valence-electron chi connectivity index (χ3n) is 4.30. The number of anilines is 1. The number of rotatable bonds is 4. The SMILES string of the molecule is Fc1ccc(C2(CNC(=S)Nc3cnccn3)CCOCC2)cc1. The molecule has 0 atom stereocenters. The van der Waals surface area contributed by atoms with Crippen LogP contribution < -0.4 is 10.6 Å². The normalized spacial score (nSPS) is 16.4. The zero-order chi connectivity index (χ0) is 16.8. The van der Waals surface area contributed by atoms with E-state index in [1.807, 2.05) is 12.1 Å². The number of nitrogens with one attached hydrogen (secondary N) is 2. The summed E-state index contributed by atoms with van der Waals surface area (Å²) >= 11 is 5.34. The smallest absolute Gasteiger partial charge is 0.172 e. The molecule has 7 heteroatoms. The molecule has 0 spiro atoms. The van der Waals surface area contributed by atoms with Crippen molar-refractivity contribution in [2.24, 2.45) is 0 Å². The van der Waals surface area contributed by atoms with Crippen LogP contribution in [0.15, 0.2) is 42.9 Å². The Hall–Kier alpha value is -2.12. The summed E-state index contributed by atoms with van der Waals surface area (Å²) in [5, 5.41) is 6.76. The van der Waals surface area contributed by atoms with Crippen LogP contribution in [0, 0.1) is 5.82 Å². The third-order valence-corrected chi connectivity index (χ3v) is 4.55. The lowest BCUT2D eigenvalue weighted by atomic mass is 9.74. The second kappa shape index (κ2) is 7.63. The van der Waals surface area contributed by atoms with E-state index in [0.29, 0.717) is 30.7 Å². The molecule has 126 valence electrons. The molecular weight excluding hydrogens is 327 g/mol. The maximum absolute atomic E-state index is 13.3. The zero-order valence-corrected chi connectivity index (χ0v) is 14.0. The van der Waals surface area contributed by atoms with Crippen molar-refractivity contribution in [3.8, 4) is 0 Å². The monoisotopic (exact) mass is 346 g/mol. The van der Waals surface area contributed by atoms with Gasteiger partial charge in [-0.3, -0.25) is 4.98 Å². The van der Waals surface area contributed by atoms with Crippen molar-refractivity contribution >= 4 is 23.1 Å². The van der Waals surface area contributed by atoms with Crippen molar-refractivity contribution in [1.29, 1.82) is 0 Å². The number of halogens is 1. The first kappa shape index (κ1) is 16.7. The van der Waals surface area contributed by atoms with Crippen molar-refractivity contribution in [3.63, 3.8) is 0 Å². The average Bonchev–Trinajstić information content (AvgIpc) is 2.62. The van der Waals surface area contributed by atoms with E-state index in [1.165, 1.54) is 12.1 Å². The lowest BCUT2D eigenvalue weighted by Crippen LogP contribution is -2.45. The lowest BCUT2D eigenvalue weighted by molar-refractivity contribution is 0.0515. The van der Waals surface area contributed by atoms with Gasteiger partial charge in [-0.05, 0) is 42.8 Å². The fourth-order valence-electron chi connectivity index (χ4n) is 2.91. The Balaban J connectivity index is 1.68. The molecule has 1 fully saturated rings. The van der Waals surface area contributed by atoms with Crippen LogP contribution in [0.5, 0.6) is 0 Å². The minimum atomic E-state index is -0.228. The molecule has 2 aromatic rings. The molecule has 5 nitrogen and oxygen atoms in total. The van der Waals surface area contributed by atoms with Gasteiger partial charge in [0.25, 0.3) is 0 Å². The van der Waals surface area contributed by atoms with E-state index in [0.717, 1.165) is 18.4 Å². The zero-order valence-electron chi connectivity index (χ0n) is 13.2. The second-order valence-electron chi connectivity index (χ2n) is 5.80. The Morgan fingerprint density at radius 1 is 1.21 bits per heavy atom. The minimum Gasteiger partial charge on any atom is -0.381 e. The first-order valence-electron chi connectivity index (χ1n) is 7.83. The molecule has 0 radical (unpaired) electrons. The summed E-state index contributed by atoms with van der Waals surface area (Å²) in [4.78, 5) is 8.13. The highest BCUT2D eigenvalue weighted by Crippen LogP contribution is 2.34. The van der Waals surface area contributed by atoms with Gasteiger partial charge in [0.1, 0.15) is 5.82 Å². The molecule has 3 rings (SSSR count). The van der Waals surface area contributed by atoms with Crippen molar-refractivity contribution in [3.05, 3.63) is 54.2 Å². The number of hydrogen-bond acceptors (Lipinski definition) is 4. The molecule has 2 N–H and O–H groups in total. The quantitative estimate of drug-likeness (QED) is 0.830. The topological polar surface area (TPSA) is 59.1 Å². The second-order valence-corrected chi connectivity index (χ2v) is 6.21. The molecule has 1 saturated heterocycles. The molecule has 1 aliphatic heterocycles. The van der Waals surface area contributed by atoms with Gasteiger partial charge in [-0.15, -0.1) is 0 Å². The summed E-state index contributed by atoms with van der Waals surface area (Å²) in [6, 6.07) is 6.70. The third kappa shape index (κ3) is 4.04. The van der Waals surface area contributed by atoms with E-state index >= 15 is 0 Å². The Bertz CT molecular complexity index is 675. The fourth-order valence-corrected chi connectivity index (χ4v) is 3.08. The van der Waals surface area contributed by atoms with E-state index in [2.05, 4.69) is 20.6 Å². The molecular formula is C17H19FN4OS. The van der Waals surface area contributed by atoms with Crippen LogP contribution in [0.4, 0.5) is 10.2 Å². The van der Waals surface area contributed by atoms with Crippen molar-refractivity contribution in [2.45, 2.75) is 18.3 Å². The minimum absolute atomic E-state index is 0.125. The van der Waals surface area contributed by atoms with Crippen molar-refractivity contribution < 1.29 is 9.13 Å². The van der Waals surface area contributed by atoms with Crippen LogP contribution in [0.1, 0.15) is 18.4 Å². The van der Waals surface area contributed by atoms with Crippen molar-refractivity contribution in [2.75, 3.05) is 25.1 Å². The largest absolute Gasteiger partial charge is 0.381 e. The van der Waals surface area contributed by atoms with Crippen LogP contribution >= 0.6 is 12.2 Å². The van der Waals surface area contributed by atoms with Gasteiger partial charge >= 0.3 is 0 Å². The summed E-state index contributed by atoms with van der Waals surface area (Å²) in [6.45, 7) is 2.01. The molecule has 1 aromatic heterocycles. The molecule has 0 bridgehead atoms. The maximum atomic E-state index is 13.3. The molecule has 1 aliphatic rings.